The molecule has 0 fully saturated rings. The molecule has 0 saturated heterocycles. The van der Waals surface area contributed by atoms with Gasteiger partial charge in [-0.25, -0.2) is 4.68 Å². The molecule has 1 rings (SSSR count). The van der Waals surface area contributed by atoms with Gasteiger partial charge in [0.1, 0.15) is 0 Å². The van der Waals surface area contributed by atoms with E-state index in [0.29, 0.717) is 12.3 Å². The molecule has 1 aromatic heterocycles. The monoisotopic (exact) mass is 240 g/mol. The van der Waals surface area contributed by atoms with Gasteiger partial charge in [0.2, 0.25) is 5.91 Å². The number of hydrogen-bond donors (Lipinski definition) is 1. The van der Waals surface area contributed by atoms with E-state index in [1.54, 1.807) is 11.8 Å². The molecule has 6 heteroatoms. The summed E-state index contributed by atoms with van der Waals surface area (Å²) >= 11 is 0. The molecule has 1 amide bonds. The first-order valence-corrected chi connectivity index (χ1v) is 5.87. The maximum absolute atomic E-state index is 10.9. The van der Waals surface area contributed by atoms with E-state index in [9.17, 15) is 4.79 Å². The molecule has 0 aromatic carbocycles. The highest BCUT2D eigenvalue weighted by atomic mass is 16.5. The van der Waals surface area contributed by atoms with Gasteiger partial charge in [-0.2, -0.15) is 0 Å². The number of ether oxygens (including phenoxy) is 1. The average Bonchev–Trinajstić information content (AvgIpc) is 2.62. The third-order valence-corrected chi connectivity index (χ3v) is 2.51. The van der Waals surface area contributed by atoms with Crippen LogP contribution in [0.2, 0.25) is 0 Å². The minimum absolute atomic E-state index is 0.118. The molecule has 96 valence electrons. The standard InChI is InChI=1S/C11H20N4O2/c1-3-4-5-6-15-10(8-17-2)9(13-14-15)7-11(12)16/h3-8H2,1-2H3,(H2,12,16). The maximum atomic E-state index is 10.9. The lowest BCUT2D eigenvalue weighted by Crippen LogP contribution is -2.16. The number of rotatable bonds is 8. The number of carbonyl (C=O) groups is 1. The number of carbonyl (C=O) groups excluding carboxylic acids is 1. The molecule has 17 heavy (non-hydrogen) atoms. The minimum Gasteiger partial charge on any atom is -0.378 e. The highest BCUT2D eigenvalue weighted by Crippen LogP contribution is 2.09. The van der Waals surface area contributed by atoms with Crippen LogP contribution in [-0.2, 0) is 29.1 Å². The van der Waals surface area contributed by atoms with Crippen LogP contribution >= 0.6 is 0 Å². The first-order valence-electron chi connectivity index (χ1n) is 5.87. The van der Waals surface area contributed by atoms with E-state index in [1.165, 1.54) is 0 Å². The number of unbranched alkanes of at least 4 members (excludes halogenated alkanes) is 2. The van der Waals surface area contributed by atoms with E-state index in [2.05, 4.69) is 17.2 Å². The fourth-order valence-corrected chi connectivity index (χ4v) is 1.66. The zero-order valence-electron chi connectivity index (χ0n) is 10.5. The number of hydrogen-bond acceptors (Lipinski definition) is 4. The first kappa shape index (κ1) is 13.6. The number of aryl methyl sites for hydroxylation is 1. The summed E-state index contributed by atoms with van der Waals surface area (Å²) in [5, 5.41) is 8.02. The van der Waals surface area contributed by atoms with Crippen LogP contribution in [0.15, 0.2) is 0 Å². The van der Waals surface area contributed by atoms with Gasteiger partial charge in [0.15, 0.2) is 0 Å². The van der Waals surface area contributed by atoms with E-state index in [4.69, 9.17) is 10.5 Å². The zero-order chi connectivity index (χ0) is 12.7. The highest BCUT2D eigenvalue weighted by Gasteiger charge is 2.14. The Morgan fingerprint density at radius 2 is 2.24 bits per heavy atom. The van der Waals surface area contributed by atoms with E-state index < -0.39 is 5.91 Å². The molecular weight excluding hydrogens is 220 g/mol. The molecule has 1 aromatic rings. The molecule has 0 radical (unpaired) electrons. The molecule has 1 heterocycles. The van der Waals surface area contributed by atoms with Crippen molar-refractivity contribution in [2.24, 2.45) is 5.73 Å². The second-order valence-corrected chi connectivity index (χ2v) is 3.99. The SMILES string of the molecule is CCCCCn1nnc(CC(N)=O)c1COC. The molecule has 2 N–H and O–H groups in total. The summed E-state index contributed by atoms with van der Waals surface area (Å²) in [4.78, 5) is 10.9. The Labute approximate surface area is 101 Å². The first-order chi connectivity index (χ1) is 8.19. The Kier molecular flexibility index (Phi) is 5.62. The van der Waals surface area contributed by atoms with Crippen molar-refractivity contribution in [2.75, 3.05) is 7.11 Å². The summed E-state index contributed by atoms with van der Waals surface area (Å²) in [5.41, 5.74) is 6.63. The average molecular weight is 240 g/mol. The van der Waals surface area contributed by atoms with Crippen LogP contribution < -0.4 is 5.73 Å². The second kappa shape index (κ2) is 7.01. The van der Waals surface area contributed by atoms with E-state index in [1.807, 2.05) is 0 Å². The number of nitrogens with zero attached hydrogens (tertiary/aromatic N) is 3. The van der Waals surface area contributed by atoms with Crippen molar-refractivity contribution in [2.45, 2.75) is 45.8 Å². The number of aromatic nitrogens is 3. The lowest BCUT2D eigenvalue weighted by molar-refractivity contribution is -0.117. The fourth-order valence-electron chi connectivity index (χ4n) is 1.66. The molecule has 0 aliphatic carbocycles. The van der Waals surface area contributed by atoms with Gasteiger partial charge in [-0.15, -0.1) is 5.10 Å². The Morgan fingerprint density at radius 3 is 2.82 bits per heavy atom. The van der Waals surface area contributed by atoms with Crippen LogP contribution in [0.25, 0.3) is 0 Å². The van der Waals surface area contributed by atoms with Gasteiger partial charge in [-0.05, 0) is 6.42 Å². The van der Waals surface area contributed by atoms with Crippen LogP contribution in [0.3, 0.4) is 0 Å². The third kappa shape index (κ3) is 4.14. The van der Waals surface area contributed by atoms with Crippen molar-refractivity contribution < 1.29 is 9.53 Å². The van der Waals surface area contributed by atoms with Gasteiger partial charge in [0.25, 0.3) is 0 Å². The molecule has 0 saturated carbocycles. The summed E-state index contributed by atoms with van der Waals surface area (Å²) in [6.07, 6.45) is 3.47. The molecule has 0 spiro atoms. The van der Waals surface area contributed by atoms with Gasteiger partial charge in [-0.1, -0.05) is 25.0 Å². The van der Waals surface area contributed by atoms with Gasteiger partial charge in [-0.3, -0.25) is 4.79 Å². The minimum atomic E-state index is -0.400. The van der Waals surface area contributed by atoms with E-state index in [0.717, 1.165) is 31.5 Å². The van der Waals surface area contributed by atoms with Crippen LogP contribution in [0.1, 0.15) is 37.6 Å². The Balaban J connectivity index is 2.74. The van der Waals surface area contributed by atoms with Crippen LogP contribution in [0, 0.1) is 0 Å². The predicted octanol–water partition coefficient (Wildman–Crippen LogP) is 0.642. The summed E-state index contributed by atoms with van der Waals surface area (Å²) in [6.45, 7) is 3.36. The Hall–Kier alpha value is -1.43. The molecule has 0 aliphatic rings. The summed E-state index contributed by atoms with van der Waals surface area (Å²) in [6, 6.07) is 0. The van der Waals surface area contributed by atoms with Crippen molar-refractivity contribution in [1.29, 1.82) is 0 Å². The molecule has 0 aliphatic heterocycles. The number of methoxy groups -OCH3 is 1. The lowest BCUT2D eigenvalue weighted by atomic mass is 10.2. The van der Waals surface area contributed by atoms with E-state index in [-0.39, 0.29) is 6.42 Å². The van der Waals surface area contributed by atoms with Crippen LogP contribution in [0.5, 0.6) is 0 Å². The van der Waals surface area contributed by atoms with Crippen molar-refractivity contribution in [3.8, 4) is 0 Å². The third-order valence-electron chi connectivity index (χ3n) is 2.51. The number of nitrogens with two attached hydrogens (primary N) is 1. The number of amides is 1. The molecular formula is C11H20N4O2. The second-order valence-electron chi connectivity index (χ2n) is 3.99. The lowest BCUT2D eigenvalue weighted by Gasteiger charge is -2.06. The van der Waals surface area contributed by atoms with Crippen molar-refractivity contribution in [3.05, 3.63) is 11.4 Å². The molecule has 0 unspecified atom stereocenters. The van der Waals surface area contributed by atoms with Crippen LogP contribution in [0.4, 0.5) is 0 Å². The fraction of sp³-hybridized carbons (Fsp3) is 0.727. The van der Waals surface area contributed by atoms with E-state index >= 15 is 0 Å². The van der Waals surface area contributed by atoms with Gasteiger partial charge in [0.05, 0.1) is 24.4 Å². The largest absolute Gasteiger partial charge is 0.378 e. The van der Waals surface area contributed by atoms with Crippen LogP contribution in [-0.4, -0.2) is 28.0 Å². The van der Waals surface area contributed by atoms with Gasteiger partial charge < -0.3 is 10.5 Å². The zero-order valence-corrected chi connectivity index (χ0v) is 10.5. The number of primary amides is 1. The quantitative estimate of drug-likeness (QED) is 0.676. The summed E-state index contributed by atoms with van der Waals surface area (Å²) in [5.74, 6) is -0.400. The van der Waals surface area contributed by atoms with Crippen molar-refractivity contribution >= 4 is 5.91 Å². The maximum Gasteiger partial charge on any atom is 0.223 e. The smallest absolute Gasteiger partial charge is 0.223 e. The van der Waals surface area contributed by atoms with Gasteiger partial charge in [0, 0.05) is 13.7 Å². The predicted molar refractivity (Wildman–Crippen MR) is 63.2 cm³/mol. The topological polar surface area (TPSA) is 83.0 Å². The Bertz CT molecular complexity index is 362. The molecule has 0 atom stereocenters. The van der Waals surface area contributed by atoms with Gasteiger partial charge >= 0.3 is 0 Å². The highest BCUT2D eigenvalue weighted by molar-refractivity contribution is 5.76. The summed E-state index contributed by atoms with van der Waals surface area (Å²) in [7, 11) is 1.61. The summed E-state index contributed by atoms with van der Waals surface area (Å²) < 4.78 is 6.91. The normalized spacial score (nSPS) is 10.7. The molecule has 0 bridgehead atoms. The molecule has 6 nitrogen and oxygen atoms in total. The van der Waals surface area contributed by atoms with Crippen molar-refractivity contribution in [3.63, 3.8) is 0 Å². The Morgan fingerprint density at radius 1 is 1.47 bits per heavy atom. The van der Waals surface area contributed by atoms with Crippen molar-refractivity contribution in [1.82, 2.24) is 15.0 Å².